The first-order valence-corrected chi connectivity index (χ1v) is 8.57. The molecule has 0 radical (unpaired) electrons. The van der Waals surface area contributed by atoms with E-state index in [0.717, 1.165) is 18.3 Å². The van der Waals surface area contributed by atoms with Crippen molar-refractivity contribution in [3.8, 4) is 6.07 Å². The Morgan fingerprint density at radius 3 is 2.24 bits per heavy atom. The number of nitrogens with zero attached hydrogens (tertiary/aromatic N) is 1. The third kappa shape index (κ3) is 2.38. The van der Waals surface area contributed by atoms with Crippen molar-refractivity contribution in [3.63, 3.8) is 0 Å². The molecule has 0 spiro atoms. The van der Waals surface area contributed by atoms with E-state index >= 15 is 0 Å². The average molecular weight is 280 g/mol. The molecular formula is C19H24N2. The van der Waals surface area contributed by atoms with Crippen LogP contribution in [0.15, 0.2) is 24.3 Å². The maximum absolute atomic E-state index is 9.32. The van der Waals surface area contributed by atoms with Gasteiger partial charge in [-0.3, -0.25) is 0 Å². The van der Waals surface area contributed by atoms with Gasteiger partial charge in [-0.15, -0.1) is 0 Å². The monoisotopic (exact) mass is 280 g/mol. The highest BCUT2D eigenvalue weighted by Gasteiger charge is 2.41. The van der Waals surface area contributed by atoms with Gasteiger partial charge in [0.15, 0.2) is 0 Å². The van der Waals surface area contributed by atoms with Crippen LogP contribution in [0.1, 0.15) is 43.2 Å². The number of rotatable bonds is 2. The maximum atomic E-state index is 9.32. The lowest BCUT2D eigenvalue weighted by Gasteiger charge is -2.28. The van der Waals surface area contributed by atoms with Gasteiger partial charge in [-0.05, 0) is 61.5 Å². The molecule has 0 aromatic heterocycles. The Morgan fingerprint density at radius 2 is 1.62 bits per heavy atom. The molecule has 0 amide bonds. The third-order valence-electron chi connectivity index (χ3n) is 6.09. The maximum Gasteiger partial charge on any atom is 0.0672 e. The molecule has 4 unspecified atom stereocenters. The van der Waals surface area contributed by atoms with Gasteiger partial charge in [0.25, 0.3) is 0 Å². The van der Waals surface area contributed by atoms with Crippen molar-refractivity contribution in [3.05, 3.63) is 35.4 Å². The van der Waals surface area contributed by atoms with Crippen molar-refractivity contribution in [1.82, 2.24) is 5.32 Å². The molecule has 2 heteroatoms. The SMILES string of the molecule is N#CC1CCCC1NC1C2CCC1Cc1ccccc1C2. The quantitative estimate of drug-likeness (QED) is 0.900. The topological polar surface area (TPSA) is 35.8 Å². The number of hydrogen-bond acceptors (Lipinski definition) is 2. The van der Waals surface area contributed by atoms with E-state index in [9.17, 15) is 5.26 Å². The lowest BCUT2D eigenvalue weighted by molar-refractivity contribution is 0.291. The highest BCUT2D eigenvalue weighted by molar-refractivity contribution is 5.31. The van der Waals surface area contributed by atoms with E-state index in [-0.39, 0.29) is 5.92 Å². The first-order chi connectivity index (χ1) is 10.3. The predicted molar refractivity (Wildman–Crippen MR) is 83.7 cm³/mol. The van der Waals surface area contributed by atoms with E-state index in [1.54, 1.807) is 11.1 Å². The van der Waals surface area contributed by atoms with Crippen molar-refractivity contribution >= 4 is 0 Å². The van der Waals surface area contributed by atoms with Crippen molar-refractivity contribution in [2.75, 3.05) is 0 Å². The molecule has 21 heavy (non-hydrogen) atoms. The molecule has 4 rings (SSSR count). The Balaban J connectivity index is 1.54. The minimum absolute atomic E-state index is 0.245. The van der Waals surface area contributed by atoms with Gasteiger partial charge < -0.3 is 5.32 Å². The summed E-state index contributed by atoms with van der Waals surface area (Å²) >= 11 is 0. The molecule has 1 N–H and O–H groups in total. The minimum atomic E-state index is 0.245. The van der Waals surface area contributed by atoms with E-state index in [4.69, 9.17) is 0 Å². The Morgan fingerprint density at radius 1 is 0.952 bits per heavy atom. The van der Waals surface area contributed by atoms with E-state index < -0.39 is 0 Å². The zero-order valence-corrected chi connectivity index (χ0v) is 12.6. The second-order valence-corrected chi connectivity index (χ2v) is 7.24. The molecule has 0 saturated heterocycles. The summed E-state index contributed by atoms with van der Waals surface area (Å²) in [6, 6.07) is 12.6. The van der Waals surface area contributed by atoms with Crippen LogP contribution in [0.2, 0.25) is 0 Å². The van der Waals surface area contributed by atoms with Crippen LogP contribution in [0, 0.1) is 29.1 Å². The smallest absolute Gasteiger partial charge is 0.0672 e. The summed E-state index contributed by atoms with van der Waals surface area (Å²) in [7, 11) is 0. The van der Waals surface area contributed by atoms with E-state index in [0.29, 0.717) is 12.1 Å². The summed E-state index contributed by atoms with van der Waals surface area (Å²) in [5, 5.41) is 13.3. The molecule has 1 aromatic carbocycles. The molecule has 3 aliphatic carbocycles. The number of nitriles is 1. The first-order valence-electron chi connectivity index (χ1n) is 8.57. The molecule has 2 saturated carbocycles. The molecular weight excluding hydrogens is 256 g/mol. The Kier molecular flexibility index (Phi) is 3.47. The van der Waals surface area contributed by atoms with Gasteiger partial charge in [0.1, 0.15) is 0 Å². The predicted octanol–water partition coefficient (Wildman–Crippen LogP) is 3.46. The van der Waals surface area contributed by atoms with Gasteiger partial charge in [-0.2, -0.15) is 5.26 Å². The number of hydrogen-bond donors (Lipinski definition) is 1. The van der Waals surface area contributed by atoms with E-state index in [1.807, 2.05) is 0 Å². The Labute approximate surface area is 127 Å². The van der Waals surface area contributed by atoms with Crippen molar-refractivity contribution in [2.24, 2.45) is 17.8 Å². The largest absolute Gasteiger partial charge is 0.309 e. The summed E-state index contributed by atoms with van der Waals surface area (Å²) in [5.74, 6) is 1.80. The molecule has 2 fully saturated rings. The lowest BCUT2D eigenvalue weighted by Crippen LogP contribution is -2.45. The van der Waals surface area contributed by atoms with E-state index in [2.05, 4.69) is 35.7 Å². The number of nitrogens with one attached hydrogen (secondary N) is 1. The van der Waals surface area contributed by atoms with Crippen LogP contribution in [-0.4, -0.2) is 12.1 Å². The van der Waals surface area contributed by atoms with Crippen molar-refractivity contribution < 1.29 is 0 Å². The van der Waals surface area contributed by atoms with Crippen LogP contribution in [0.3, 0.4) is 0 Å². The molecule has 2 nitrogen and oxygen atoms in total. The summed E-state index contributed by atoms with van der Waals surface area (Å²) < 4.78 is 0. The van der Waals surface area contributed by atoms with Crippen LogP contribution in [-0.2, 0) is 12.8 Å². The van der Waals surface area contributed by atoms with Crippen LogP contribution >= 0.6 is 0 Å². The van der Waals surface area contributed by atoms with Crippen LogP contribution in [0.5, 0.6) is 0 Å². The molecule has 2 bridgehead atoms. The van der Waals surface area contributed by atoms with Gasteiger partial charge >= 0.3 is 0 Å². The number of benzene rings is 1. The van der Waals surface area contributed by atoms with Crippen molar-refractivity contribution in [1.29, 1.82) is 5.26 Å². The second kappa shape index (κ2) is 5.46. The fraction of sp³-hybridized carbons (Fsp3) is 0.632. The summed E-state index contributed by atoms with van der Waals surface area (Å²) in [4.78, 5) is 0. The molecule has 3 aliphatic rings. The fourth-order valence-corrected chi connectivity index (χ4v) is 4.98. The normalized spacial score (nSPS) is 37.8. The Hall–Kier alpha value is -1.33. The molecule has 0 aliphatic heterocycles. The lowest BCUT2D eigenvalue weighted by atomic mass is 9.93. The van der Waals surface area contributed by atoms with Crippen LogP contribution in [0.4, 0.5) is 0 Å². The van der Waals surface area contributed by atoms with Crippen LogP contribution in [0.25, 0.3) is 0 Å². The summed E-state index contributed by atoms with van der Waals surface area (Å²) in [5.41, 5.74) is 3.14. The third-order valence-corrected chi connectivity index (χ3v) is 6.09. The van der Waals surface area contributed by atoms with E-state index in [1.165, 1.54) is 38.5 Å². The molecule has 4 atom stereocenters. The molecule has 1 aromatic rings. The zero-order valence-electron chi connectivity index (χ0n) is 12.6. The van der Waals surface area contributed by atoms with Crippen LogP contribution < -0.4 is 5.32 Å². The van der Waals surface area contributed by atoms with Gasteiger partial charge in [0.05, 0.1) is 12.0 Å². The summed E-state index contributed by atoms with van der Waals surface area (Å²) in [6.45, 7) is 0. The van der Waals surface area contributed by atoms with Gasteiger partial charge in [-0.1, -0.05) is 30.7 Å². The first kappa shape index (κ1) is 13.3. The van der Waals surface area contributed by atoms with Gasteiger partial charge in [0.2, 0.25) is 0 Å². The molecule has 110 valence electrons. The zero-order chi connectivity index (χ0) is 14.2. The summed E-state index contributed by atoms with van der Waals surface area (Å²) in [6.07, 6.45) is 8.69. The van der Waals surface area contributed by atoms with Crippen molar-refractivity contribution in [2.45, 2.75) is 57.0 Å². The number of fused-ring (bicyclic) bond motifs is 3. The highest BCUT2D eigenvalue weighted by atomic mass is 15.0. The fourth-order valence-electron chi connectivity index (χ4n) is 4.98. The highest BCUT2D eigenvalue weighted by Crippen LogP contribution is 2.41. The molecule has 0 heterocycles. The Bertz CT molecular complexity index is 526. The van der Waals surface area contributed by atoms with Gasteiger partial charge in [0, 0.05) is 12.1 Å². The average Bonchev–Trinajstić information content (AvgIpc) is 3.04. The minimum Gasteiger partial charge on any atom is -0.309 e. The van der Waals surface area contributed by atoms with Gasteiger partial charge in [-0.25, -0.2) is 0 Å². The standard InChI is InChI=1S/C19H24N2/c20-12-17-6-3-7-18(17)21-19-15-8-9-16(19)11-14-5-2-1-4-13(14)10-15/h1-2,4-5,15-19,21H,3,6-11H2. The second-order valence-electron chi connectivity index (χ2n) is 7.24.